The number of anilines is 1. The number of benzene rings is 1. The summed E-state index contributed by atoms with van der Waals surface area (Å²) in [5.74, 6) is -0.597. The standard InChI is InChI=1S/C12H18BrFN2O2S/c1-7(12(2,3)4)16-19(17,18)11-5-8(13)9(14)6-10(11)15/h5-7,16H,15H2,1-4H3. The first-order chi connectivity index (χ1) is 8.45. The molecule has 1 aromatic rings. The van der Waals surface area contributed by atoms with Crippen molar-refractivity contribution >= 4 is 31.6 Å². The molecule has 0 fully saturated rings. The zero-order chi connectivity index (χ0) is 15.0. The lowest BCUT2D eigenvalue weighted by Gasteiger charge is -2.28. The summed E-state index contributed by atoms with van der Waals surface area (Å²) in [6.45, 7) is 7.53. The second kappa shape index (κ2) is 5.38. The van der Waals surface area contributed by atoms with Crippen LogP contribution in [0.25, 0.3) is 0 Å². The summed E-state index contributed by atoms with van der Waals surface area (Å²) in [5.41, 5.74) is 5.23. The molecule has 0 aliphatic rings. The fraction of sp³-hybridized carbons (Fsp3) is 0.500. The quantitative estimate of drug-likeness (QED) is 0.821. The van der Waals surface area contributed by atoms with Gasteiger partial charge in [0.25, 0.3) is 0 Å². The fourth-order valence-corrected chi connectivity index (χ4v) is 3.33. The Morgan fingerprint density at radius 2 is 1.89 bits per heavy atom. The summed E-state index contributed by atoms with van der Waals surface area (Å²) in [7, 11) is -3.78. The molecule has 0 spiro atoms. The largest absolute Gasteiger partial charge is 0.398 e. The van der Waals surface area contributed by atoms with E-state index in [0.29, 0.717) is 0 Å². The maximum absolute atomic E-state index is 13.3. The molecule has 0 aromatic heterocycles. The zero-order valence-corrected chi connectivity index (χ0v) is 13.7. The number of nitrogen functional groups attached to an aromatic ring is 1. The van der Waals surface area contributed by atoms with E-state index in [9.17, 15) is 12.8 Å². The maximum atomic E-state index is 13.3. The monoisotopic (exact) mass is 352 g/mol. The molecule has 108 valence electrons. The molecule has 0 radical (unpaired) electrons. The molecule has 0 aliphatic carbocycles. The first kappa shape index (κ1) is 16.4. The summed E-state index contributed by atoms with van der Waals surface area (Å²) >= 11 is 2.96. The average molecular weight is 353 g/mol. The van der Waals surface area contributed by atoms with Crippen LogP contribution in [0.3, 0.4) is 0 Å². The number of sulfonamides is 1. The van der Waals surface area contributed by atoms with E-state index in [2.05, 4.69) is 20.7 Å². The SMILES string of the molecule is CC(NS(=O)(=O)c1cc(Br)c(F)cc1N)C(C)(C)C. The average Bonchev–Trinajstić information content (AvgIpc) is 2.21. The number of nitrogens with one attached hydrogen (secondary N) is 1. The summed E-state index contributed by atoms with van der Waals surface area (Å²) in [5, 5.41) is 0. The highest BCUT2D eigenvalue weighted by Crippen LogP contribution is 2.27. The molecule has 0 aliphatic heterocycles. The molecular weight excluding hydrogens is 335 g/mol. The number of halogens is 2. The van der Waals surface area contributed by atoms with Crippen molar-refractivity contribution < 1.29 is 12.8 Å². The Morgan fingerprint density at radius 3 is 2.37 bits per heavy atom. The predicted octanol–water partition coefficient (Wildman–Crippen LogP) is 2.88. The van der Waals surface area contributed by atoms with Crippen molar-refractivity contribution in [3.63, 3.8) is 0 Å². The molecule has 1 rings (SSSR count). The Bertz CT molecular complexity index is 582. The van der Waals surface area contributed by atoms with Gasteiger partial charge in [0.05, 0.1) is 10.2 Å². The van der Waals surface area contributed by atoms with Crippen LogP contribution in [0.5, 0.6) is 0 Å². The van der Waals surface area contributed by atoms with Crippen LogP contribution >= 0.6 is 15.9 Å². The summed E-state index contributed by atoms with van der Waals surface area (Å²) in [6, 6.07) is 1.86. The van der Waals surface area contributed by atoms with Gasteiger partial charge in [0.2, 0.25) is 10.0 Å². The molecule has 1 unspecified atom stereocenters. The van der Waals surface area contributed by atoms with Gasteiger partial charge in [-0.25, -0.2) is 17.5 Å². The zero-order valence-electron chi connectivity index (χ0n) is 11.3. The lowest BCUT2D eigenvalue weighted by molar-refractivity contribution is 0.317. The minimum absolute atomic E-state index is 0.0606. The van der Waals surface area contributed by atoms with E-state index in [0.717, 1.165) is 6.07 Å². The van der Waals surface area contributed by atoms with Gasteiger partial charge in [-0.05, 0) is 40.4 Å². The molecule has 1 aromatic carbocycles. The highest BCUT2D eigenvalue weighted by molar-refractivity contribution is 9.10. The third kappa shape index (κ3) is 3.90. The van der Waals surface area contributed by atoms with Gasteiger partial charge >= 0.3 is 0 Å². The fourth-order valence-electron chi connectivity index (χ4n) is 1.25. The van der Waals surface area contributed by atoms with E-state index in [1.54, 1.807) is 6.92 Å². The molecule has 0 saturated heterocycles. The van der Waals surface area contributed by atoms with E-state index in [4.69, 9.17) is 5.73 Å². The Balaban J connectivity index is 3.19. The van der Waals surface area contributed by atoms with Crippen LogP contribution in [0.4, 0.5) is 10.1 Å². The van der Waals surface area contributed by atoms with Crippen LogP contribution in [0.15, 0.2) is 21.5 Å². The second-order valence-electron chi connectivity index (χ2n) is 5.51. The Morgan fingerprint density at radius 1 is 1.37 bits per heavy atom. The maximum Gasteiger partial charge on any atom is 0.242 e. The van der Waals surface area contributed by atoms with Gasteiger partial charge < -0.3 is 5.73 Å². The third-order valence-corrected chi connectivity index (χ3v) is 5.18. The van der Waals surface area contributed by atoms with E-state index < -0.39 is 15.8 Å². The molecule has 19 heavy (non-hydrogen) atoms. The highest BCUT2D eigenvalue weighted by atomic mass is 79.9. The molecule has 0 heterocycles. The topological polar surface area (TPSA) is 72.2 Å². The molecule has 0 amide bonds. The summed E-state index contributed by atoms with van der Waals surface area (Å²) in [6.07, 6.45) is 0. The van der Waals surface area contributed by atoms with Crippen molar-refractivity contribution in [1.82, 2.24) is 4.72 Å². The van der Waals surface area contributed by atoms with Gasteiger partial charge in [-0.15, -0.1) is 0 Å². The smallest absolute Gasteiger partial charge is 0.242 e. The lowest BCUT2D eigenvalue weighted by atomic mass is 9.89. The van der Waals surface area contributed by atoms with Crippen LogP contribution in [-0.2, 0) is 10.0 Å². The van der Waals surface area contributed by atoms with Crippen LogP contribution in [0.1, 0.15) is 27.7 Å². The van der Waals surface area contributed by atoms with Crippen molar-refractivity contribution in [3.05, 3.63) is 22.4 Å². The third-order valence-electron chi connectivity index (χ3n) is 2.97. The second-order valence-corrected chi connectivity index (χ2v) is 8.05. The number of hydrogen-bond donors (Lipinski definition) is 2. The van der Waals surface area contributed by atoms with E-state index in [1.165, 1.54) is 6.07 Å². The van der Waals surface area contributed by atoms with Crippen LogP contribution in [-0.4, -0.2) is 14.5 Å². The van der Waals surface area contributed by atoms with Crippen molar-refractivity contribution in [1.29, 1.82) is 0 Å². The first-order valence-electron chi connectivity index (χ1n) is 5.72. The van der Waals surface area contributed by atoms with Crippen molar-refractivity contribution in [2.24, 2.45) is 5.41 Å². The first-order valence-corrected chi connectivity index (χ1v) is 7.99. The minimum atomic E-state index is -3.78. The molecule has 7 heteroatoms. The number of nitrogens with two attached hydrogens (primary N) is 1. The Hall–Kier alpha value is -0.660. The van der Waals surface area contributed by atoms with Gasteiger partial charge in [-0.3, -0.25) is 0 Å². The van der Waals surface area contributed by atoms with Gasteiger partial charge in [0, 0.05) is 6.04 Å². The molecule has 1 atom stereocenters. The Kier molecular flexibility index (Phi) is 4.64. The van der Waals surface area contributed by atoms with Crippen molar-refractivity contribution in [2.45, 2.75) is 38.6 Å². The van der Waals surface area contributed by atoms with Gasteiger partial charge in [-0.2, -0.15) is 0 Å². The molecule has 0 bridgehead atoms. The molecule has 3 N–H and O–H groups in total. The normalized spacial score (nSPS) is 14.4. The molecular formula is C12H18BrFN2O2S. The van der Waals surface area contributed by atoms with Gasteiger partial charge in [-0.1, -0.05) is 20.8 Å². The number of hydrogen-bond acceptors (Lipinski definition) is 3. The van der Waals surface area contributed by atoms with Gasteiger partial charge in [0.1, 0.15) is 10.7 Å². The van der Waals surface area contributed by atoms with Crippen LogP contribution in [0, 0.1) is 11.2 Å². The summed E-state index contributed by atoms with van der Waals surface area (Å²) in [4.78, 5) is -0.128. The van der Waals surface area contributed by atoms with Crippen LogP contribution in [0.2, 0.25) is 0 Å². The lowest BCUT2D eigenvalue weighted by Crippen LogP contribution is -2.41. The predicted molar refractivity (Wildman–Crippen MR) is 77.8 cm³/mol. The van der Waals surface area contributed by atoms with Crippen molar-refractivity contribution in [2.75, 3.05) is 5.73 Å². The molecule has 4 nitrogen and oxygen atoms in total. The Labute approximate surface area is 121 Å². The highest BCUT2D eigenvalue weighted by Gasteiger charge is 2.27. The van der Waals surface area contributed by atoms with Gasteiger partial charge in [0.15, 0.2) is 0 Å². The van der Waals surface area contributed by atoms with E-state index in [1.807, 2.05) is 20.8 Å². The van der Waals surface area contributed by atoms with Crippen molar-refractivity contribution in [3.8, 4) is 0 Å². The summed E-state index contributed by atoms with van der Waals surface area (Å²) < 4.78 is 40.3. The van der Waals surface area contributed by atoms with Crippen LogP contribution < -0.4 is 10.5 Å². The van der Waals surface area contributed by atoms with E-state index >= 15 is 0 Å². The number of rotatable bonds is 3. The van der Waals surface area contributed by atoms with E-state index in [-0.39, 0.29) is 26.5 Å². The minimum Gasteiger partial charge on any atom is -0.398 e. The molecule has 0 saturated carbocycles.